The van der Waals surface area contributed by atoms with Crippen LogP contribution in [0.1, 0.15) is 5.56 Å². The van der Waals surface area contributed by atoms with Crippen LogP contribution < -0.4 is 20.3 Å². The molecule has 9 heteroatoms. The highest BCUT2D eigenvalue weighted by atomic mass is 16.6. The highest BCUT2D eigenvalue weighted by molar-refractivity contribution is 5.77. The lowest BCUT2D eigenvalue weighted by molar-refractivity contribution is -0.121. The van der Waals surface area contributed by atoms with Gasteiger partial charge in [-0.15, -0.1) is 0 Å². The minimum Gasteiger partial charge on any atom is -0.486 e. The molecule has 0 unspecified atom stereocenters. The molecule has 0 spiro atoms. The van der Waals surface area contributed by atoms with Gasteiger partial charge in [0.1, 0.15) is 31.5 Å². The van der Waals surface area contributed by atoms with Crippen LogP contribution in [0.4, 0.5) is 0 Å². The summed E-state index contributed by atoms with van der Waals surface area (Å²) in [5.74, 6) is 1.09. The summed E-state index contributed by atoms with van der Waals surface area (Å²) >= 11 is 0. The second kappa shape index (κ2) is 6.51. The van der Waals surface area contributed by atoms with Gasteiger partial charge in [0.15, 0.2) is 17.1 Å². The molecule has 26 heavy (non-hydrogen) atoms. The fourth-order valence-corrected chi connectivity index (χ4v) is 2.79. The van der Waals surface area contributed by atoms with Crippen molar-refractivity contribution in [1.29, 1.82) is 0 Å². The second-order valence-electron chi connectivity index (χ2n) is 5.94. The van der Waals surface area contributed by atoms with Crippen molar-refractivity contribution >= 4 is 16.9 Å². The third-order valence-electron chi connectivity index (χ3n) is 4.13. The Morgan fingerprint density at radius 2 is 2.08 bits per heavy atom. The van der Waals surface area contributed by atoms with E-state index >= 15 is 0 Å². The molecule has 3 heterocycles. The first-order valence-electron chi connectivity index (χ1n) is 8.14. The number of carbonyl (C=O) groups excluding carboxylic acids is 1. The minimum absolute atomic E-state index is 0.110. The molecule has 4 rings (SSSR count). The Morgan fingerprint density at radius 1 is 1.27 bits per heavy atom. The van der Waals surface area contributed by atoms with Gasteiger partial charge in [-0.2, -0.15) is 5.10 Å². The van der Waals surface area contributed by atoms with Crippen molar-refractivity contribution in [2.75, 3.05) is 13.2 Å². The number of nitrogens with one attached hydrogen (secondary N) is 1. The maximum atomic E-state index is 12.4. The smallest absolute Gasteiger partial charge is 0.264 e. The van der Waals surface area contributed by atoms with Crippen molar-refractivity contribution in [2.24, 2.45) is 7.05 Å². The summed E-state index contributed by atoms with van der Waals surface area (Å²) in [4.78, 5) is 28.7. The van der Waals surface area contributed by atoms with Gasteiger partial charge in [0.25, 0.3) is 5.56 Å². The maximum Gasteiger partial charge on any atom is 0.264 e. The average Bonchev–Trinajstić information content (AvgIpc) is 3.04. The summed E-state index contributed by atoms with van der Waals surface area (Å²) in [6, 6.07) is 5.52. The molecular formula is C17H17N5O4. The number of hydrogen-bond donors (Lipinski definition) is 1. The predicted molar refractivity (Wildman–Crippen MR) is 92.0 cm³/mol. The fraction of sp³-hybridized carbons (Fsp3) is 0.294. The van der Waals surface area contributed by atoms with Gasteiger partial charge in [0, 0.05) is 13.6 Å². The second-order valence-corrected chi connectivity index (χ2v) is 5.94. The zero-order chi connectivity index (χ0) is 18.1. The number of aryl methyl sites for hydroxylation is 1. The molecule has 0 aliphatic carbocycles. The summed E-state index contributed by atoms with van der Waals surface area (Å²) in [5.41, 5.74) is 1.08. The van der Waals surface area contributed by atoms with Gasteiger partial charge in [0.2, 0.25) is 5.91 Å². The SMILES string of the molecule is Cn1ncc2c(=O)n(CC(=O)NCc3ccc4c(c3)OCCO4)cnc21. The predicted octanol–water partition coefficient (Wildman–Crippen LogP) is 0.218. The third kappa shape index (κ3) is 2.99. The molecule has 0 saturated heterocycles. The third-order valence-corrected chi connectivity index (χ3v) is 4.13. The van der Waals surface area contributed by atoms with Crippen molar-refractivity contribution in [3.8, 4) is 11.5 Å². The Hall–Kier alpha value is -3.36. The van der Waals surface area contributed by atoms with Crippen molar-refractivity contribution in [3.05, 3.63) is 46.6 Å². The summed E-state index contributed by atoms with van der Waals surface area (Å²) in [6.45, 7) is 1.26. The van der Waals surface area contributed by atoms with Crippen molar-refractivity contribution in [1.82, 2.24) is 24.6 Å². The Labute approximate surface area is 148 Å². The molecule has 134 valence electrons. The van der Waals surface area contributed by atoms with Crippen molar-refractivity contribution in [2.45, 2.75) is 13.1 Å². The van der Waals surface area contributed by atoms with E-state index in [0.717, 1.165) is 5.56 Å². The number of nitrogens with zero attached hydrogens (tertiary/aromatic N) is 4. The van der Waals surface area contributed by atoms with Crippen LogP contribution in [0, 0.1) is 0 Å². The number of benzene rings is 1. The maximum absolute atomic E-state index is 12.4. The molecule has 0 saturated carbocycles. The first-order valence-corrected chi connectivity index (χ1v) is 8.14. The molecule has 9 nitrogen and oxygen atoms in total. The molecule has 1 aliphatic heterocycles. The highest BCUT2D eigenvalue weighted by Crippen LogP contribution is 2.30. The Morgan fingerprint density at radius 3 is 2.92 bits per heavy atom. The number of carbonyl (C=O) groups is 1. The van der Waals surface area contributed by atoms with Crippen LogP contribution in [0.15, 0.2) is 35.5 Å². The van der Waals surface area contributed by atoms with Gasteiger partial charge in [-0.3, -0.25) is 18.8 Å². The number of ether oxygens (including phenoxy) is 2. The number of aromatic nitrogens is 4. The van der Waals surface area contributed by atoms with Gasteiger partial charge in [0.05, 0.1) is 6.20 Å². The van der Waals surface area contributed by atoms with Crippen LogP contribution in [0.2, 0.25) is 0 Å². The largest absolute Gasteiger partial charge is 0.486 e. The number of hydrogen-bond acceptors (Lipinski definition) is 6. The van der Waals surface area contributed by atoms with Crippen LogP contribution >= 0.6 is 0 Å². The molecular weight excluding hydrogens is 338 g/mol. The summed E-state index contributed by atoms with van der Waals surface area (Å²) in [5, 5.41) is 7.18. The van der Waals surface area contributed by atoms with Gasteiger partial charge >= 0.3 is 0 Å². The lowest BCUT2D eigenvalue weighted by atomic mass is 10.2. The molecule has 1 N–H and O–H groups in total. The van der Waals surface area contributed by atoms with Gasteiger partial charge in [-0.25, -0.2) is 4.98 Å². The zero-order valence-corrected chi connectivity index (χ0v) is 14.1. The van der Waals surface area contributed by atoms with E-state index in [2.05, 4.69) is 15.4 Å². The summed E-state index contributed by atoms with van der Waals surface area (Å²) < 4.78 is 13.8. The molecule has 1 amide bonds. The summed E-state index contributed by atoms with van der Waals surface area (Å²) in [7, 11) is 1.71. The monoisotopic (exact) mass is 355 g/mol. The molecule has 1 aromatic carbocycles. The molecule has 2 aromatic heterocycles. The Balaban J connectivity index is 1.43. The standard InChI is InChI=1S/C17H17N5O4/c1-21-16-12(8-20-21)17(24)22(10-19-16)9-15(23)18-7-11-2-3-13-14(6-11)26-5-4-25-13/h2-3,6,8,10H,4-5,7,9H2,1H3,(H,18,23). The first-order chi connectivity index (χ1) is 12.6. The first kappa shape index (κ1) is 16.1. The van der Waals surface area contributed by atoms with E-state index in [1.807, 2.05) is 18.2 Å². The van der Waals surface area contributed by atoms with Gasteiger partial charge in [-0.05, 0) is 17.7 Å². The van der Waals surface area contributed by atoms with E-state index < -0.39 is 0 Å². The van der Waals surface area contributed by atoms with Crippen LogP contribution in [0.5, 0.6) is 11.5 Å². The highest BCUT2D eigenvalue weighted by Gasteiger charge is 2.13. The van der Waals surface area contributed by atoms with Gasteiger partial charge in [-0.1, -0.05) is 6.07 Å². The number of fused-ring (bicyclic) bond motifs is 2. The number of rotatable bonds is 4. The van der Waals surface area contributed by atoms with E-state index in [1.165, 1.54) is 21.8 Å². The van der Waals surface area contributed by atoms with Gasteiger partial charge < -0.3 is 14.8 Å². The quantitative estimate of drug-likeness (QED) is 0.718. The molecule has 1 aliphatic rings. The lowest BCUT2D eigenvalue weighted by Crippen LogP contribution is -2.32. The van der Waals surface area contributed by atoms with E-state index in [-0.39, 0.29) is 18.0 Å². The zero-order valence-electron chi connectivity index (χ0n) is 14.1. The topological polar surface area (TPSA) is 100 Å². The lowest BCUT2D eigenvalue weighted by Gasteiger charge is -2.19. The molecule has 0 atom stereocenters. The van der Waals surface area contributed by atoms with E-state index in [4.69, 9.17) is 9.47 Å². The van der Waals surface area contributed by atoms with E-state index in [0.29, 0.717) is 42.3 Å². The van der Waals surface area contributed by atoms with E-state index in [1.54, 1.807) is 7.05 Å². The van der Waals surface area contributed by atoms with Crippen LogP contribution in [0.25, 0.3) is 11.0 Å². The molecule has 3 aromatic rings. The van der Waals surface area contributed by atoms with E-state index in [9.17, 15) is 9.59 Å². The van der Waals surface area contributed by atoms with Crippen molar-refractivity contribution in [3.63, 3.8) is 0 Å². The van der Waals surface area contributed by atoms with Crippen LogP contribution in [-0.4, -0.2) is 38.5 Å². The van der Waals surface area contributed by atoms with Crippen LogP contribution in [-0.2, 0) is 24.9 Å². The summed E-state index contributed by atoms with van der Waals surface area (Å²) in [6.07, 6.45) is 2.81. The molecule has 0 bridgehead atoms. The minimum atomic E-state index is -0.294. The average molecular weight is 355 g/mol. The Bertz CT molecular complexity index is 1040. The molecule has 0 radical (unpaired) electrons. The fourth-order valence-electron chi connectivity index (χ4n) is 2.79. The molecule has 0 fully saturated rings. The normalized spacial score (nSPS) is 13.0. The Kier molecular flexibility index (Phi) is 4.04. The number of amides is 1. The van der Waals surface area contributed by atoms with Crippen LogP contribution in [0.3, 0.4) is 0 Å². The van der Waals surface area contributed by atoms with Crippen molar-refractivity contribution < 1.29 is 14.3 Å².